The van der Waals surface area contributed by atoms with Gasteiger partial charge in [0.1, 0.15) is 11.0 Å². The van der Waals surface area contributed by atoms with Gasteiger partial charge in [0.2, 0.25) is 11.8 Å². The van der Waals surface area contributed by atoms with Crippen LogP contribution >= 0.6 is 0 Å². The molecule has 1 aliphatic heterocycles. The lowest BCUT2D eigenvalue weighted by Crippen LogP contribution is -2.27. The summed E-state index contributed by atoms with van der Waals surface area (Å²) in [5.41, 5.74) is 0.603. The molecule has 0 aliphatic carbocycles. The van der Waals surface area contributed by atoms with Crippen LogP contribution in [0.25, 0.3) is 11.5 Å². The number of aromatic nitrogens is 2. The zero-order valence-corrected chi connectivity index (χ0v) is 12.8. The van der Waals surface area contributed by atoms with E-state index in [2.05, 4.69) is 10.2 Å². The van der Waals surface area contributed by atoms with Crippen LogP contribution in [0.2, 0.25) is 0 Å². The Bertz CT molecular complexity index is 834. The first kappa shape index (κ1) is 15.4. The van der Waals surface area contributed by atoms with Crippen molar-refractivity contribution in [1.82, 2.24) is 10.2 Å². The SMILES string of the molecule is COc1ccc(-c2nnc(N3CC(S(=O)(=O)F)CC3=O)o2)cc1. The molecule has 1 aliphatic rings. The quantitative estimate of drug-likeness (QED) is 0.769. The van der Waals surface area contributed by atoms with E-state index in [4.69, 9.17) is 9.15 Å². The Morgan fingerprint density at radius 1 is 1.30 bits per heavy atom. The van der Waals surface area contributed by atoms with Crippen molar-refractivity contribution < 1.29 is 26.3 Å². The highest BCUT2D eigenvalue weighted by atomic mass is 32.3. The molecule has 1 aromatic heterocycles. The Labute approximate surface area is 131 Å². The summed E-state index contributed by atoms with van der Waals surface area (Å²) in [7, 11) is -3.26. The molecule has 23 heavy (non-hydrogen) atoms. The molecule has 2 aromatic rings. The fourth-order valence-corrected chi connectivity index (χ4v) is 2.89. The van der Waals surface area contributed by atoms with Gasteiger partial charge in [-0.2, -0.15) is 8.42 Å². The highest BCUT2D eigenvalue weighted by Crippen LogP contribution is 2.28. The van der Waals surface area contributed by atoms with Crippen LogP contribution in [0.15, 0.2) is 28.7 Å². The number of benzene rings is 1. The first-order valence-electron chi connectivity index (χ1n) is 6.60. The predicted octanol–water partition coefficient (Wildman–Crippen LogP) is 1.15. The molecule has 0 bridgehead atoms. The second kappa shape index (κ2) is 5.61. The molecule has 122 valence electrons. The third-order valence-electron chi connectivity index (χ3n) is 3.47. The predicted molar refractivity (Wildman–Crippen MR) is 77.1 cm³/mol. The van der Waals surface area contributed by atoms with Crippen molar-refractivity contribution in [1.29, 1.82) is 0 Å². The van der Waals surface area contributed by atoms with Crippen LogP contribution in [0.4, 0.5) is 9.90 Å². The molecular formula is C13H12FN3O5S. The maximum Gasteiger partial charge on any atom is 0.325 e. The lowest BCUT2D eigenvalue weighted by molar-refractivity contribution is -0.117. The van der Waals surface area contributed by atoms with Gasteiger partial charge in [-0.3, -0.25) is 9.69 Å². The molecule has 0 spiro atoms. The van der Waals surface area contributed by atoms with Gasteiger partial charge in [0.25, 0.3) is 0 Å². The van der Waals surface area contributed by atoms with E-state index in [0.29, 0.717) is 11.3 Å². The molecule has 0 radical (unpaired) electrons. The van der Waals surface area contributed by atoms with Gasteiger partial charge >= 0.3 is 16.2 Å². The summed E-state index contributed by atoms with van der Waals surface area (Å²) in [4.78, 5) is 12.8. The number of nitrogens with zero attached hydrogens (tertiary/aromatic N) is 3. The smallest absolute Gasteiger partial charge is 0.325 e. The van der Waals surface area contributed by atoms with Crippen LogP contribution in [0.5, 0.6) is 5.75 Å². The van der Waals surface area contributed by atoms with Crippen molar-refractivity contribution >= 4 is 22.1 Å². The topological polar surface area (TPSA) is 103 Å². The van der Waals surface area contributed by atoms with E-state index in [-0.39, 0.29) is 18.5 Å². The van der Waals surface area contributed by atoms with E-state index in [1.165, 1.54) is 7.11 Å². The first-order valence-corrected chi connectivity index (χ1v) is 8.05. The molecule has 1 atom stereocenters. The third-order valence-corrected chi connectivity index (χ3v) is 4.58. The minimum absolute atomic E-state index is 0.155. The zero-order chi connectivity index (χ0) is 16.6. The minimum Gasteiger partial charge on any atom is -0.497 e. The van der Waals surface area contributed by atoms with E-state index in [9.17, 15) is 17.1 Å². The Balaban J connectivity index is 1.83. The van der Waals surface area contributed by atoms with Crippen LogP contribution in [0, 0.1) is 0 Å². The van der Waals surface area contributed by atoms with Gasteiger partial charge in [-0.05, 0) is 24.3 Å². The van der Waals surface area contributed by atoms with Crippen molar-refractivity contribution in [3.05, 3.63) is 24.3 Å². The van der Waals surface area contributed by atoms with E-state index < -0.39 is 27.8 Å². The second-order valence-corrected chi connectivity index (χ2v) is 6.54. The highest BCUT2D eigenvalue weighted by Gasteiger charge is 2.41. The molecule has 10 heteroatoms. The molecule has 2 heterocycles. The number of methoxy groups -OCH3 is 1. The summed E-state index contributed by atoms with van der Waals surface area (Å²) in [5.74, 6) is 0.224. The van der Waals surface area contributed by atoms with Crippen molar-refractivity contribution in [2.45, 2.75) is 11.7 Å². The first-order chi connectivity index (χ1) is 10.9. The minimum atomic E-state index is -4.80. The second-order valence-electron chi connectivity index (χ2n) is 4.92. The van der Waals surface area contributed by atoms with Crippen LogP contribution in [-0.2, 0) is 15.0 Å². The number of hydrogen-bond acceptors (Lipinski definition) is 7. The van der Waals surface area contributed by atoms with Gasteiger partial charge in [-0.25, -0.2) is 0 Å². The van der Waals surface area contributed by atoms with E-state index >= 15 is 0 Å². The van der Waals surface area contributed by atoms with E-state index in [1.54, 1.807) is 24.3 Å². The normalized spacial score (nSPS) is 18.4. The summed E-state index contributed by atoms with van der Waals surface area (Å²) in [6.45, 7) is -0.345. The highest BCUT2D eigenvalue weighted by molar-refractivity contribution is 7.87. The van der Waals surface area contributed by atoms with Gasteiger partial charge in [-0.1, -0.05) is 5.10 Å². The molecule has 1 unspecified atom stereocenters. The molecule has 1 amide bonds. The average molecular weight is 341 g/mol. The van der Waals surface area contributed by atoms with E-state index in [0.717, 1.165) is 4.90 Å². The van der Waals surface area contributed by atoms with Crippen molar-refractivity contribution in [3.63, 3.8) is 0 Å². The Morgan fingerprint density at radius 2 is 2.00 bits per heavy atom. The molecular weight excluding hydrogens is 329 g/mol. The number of carbonyl (C=O) groups is 1. The monoisotopic (exact) mass is 341 g/mol. The third kappa shape index (κ3) is 3.02. The lowest BCUT2D eigenvalue weighted by atomic mass is 10.2. The number of rotatable bonds is 4. The van der Waals surface area contributed by atoms with E-state index in [1.807, 2.05) is 0 Å². The Kier molecular flexibility index (Phi) is 3.76. The van der Waals surface area contributed by atoms with Crippen LogP contribution < -0.4 is 9.64 Å². The van der Waals surface area contributed by atoms with Gasteiger partial charge < -0.3 is 9.15 Å². The van der Waals surface area contributed by atoms with Gasteiger partial charge in [0.05, 0.1) is 13.7 Å². The molecule has 1 saturated heterocycles. The summed E-state index contributed by atoms with van der Waals surface area (Å²) >= 11 is 0. The average Bonchev–Trinajstić information content (AvgIpc) is 3.13. The Hall–Kier alpha value is -2.49. The summed E-state index contributed by atoms with van der Waals surface area (Å²) in [5, 5.41) is 6.13. The van der Waals surface area contributed by atoms with Crippen LogP contribution in [0.1, 0.15) is 6.42 Å². The maximum absolute atomic E-state index is 13.0. The van der Waals surface area contributed by atoms with Crippen LogP contribution in [-0.4, -0.2) is 43.4 Å². The van der Waals surface area contributed by atoms with Crippen molar-refractivity contribution in [3.8, 4) is 17.2 Å². The number of ether oxygens (including phenoxy) is 1. The number of amides is 1. The Morgan fingerprint density at radius 3 is 2.57 bits per heavy atom. The molecule has 3 rings (SSSR count). The number of halogens is 1. The zero-order valence-electron chi connectivity index (χ0n) is 12.0. The number of anilines is 1. The molecule has 0 N–H and O–H groups in total. The van der Waals surface area contributed by atoms with Gasteiger partial charge in [0.15, 0.2) is 0 Å². The number of hydrogen-bond donors (Lipinski definition) is 0. The maximum atomic E-state index is 13.0. The standard InChI is InChI=1S/C13H12FN3O5S/c1-21-9-4-2-8(3-5-9)12-15-16-13(22-12)17-7-10(6-11(17)18)23(14,19)20/h2-5,10H,6-7H2,1H3. The number of carbonyl (C=O) groups excluding carboxylic acids is 1. The fourth-order valence-electron chi connectivity index (χ4n) is 2.22. The summed E-state index contributed by atoms with van der Waals surface area (Å²) in [6.07, 6.45) is -0.445. The summed E-state index contributed by atoms with van der Waals surface area (Å²) < 4.78 is 45.3. The molecule has 8 nitrogen and oxygen atoms in total. The van der Waals surface area contributed by atoms with Gasteiger partial charge in [0, 0.05) is 12.0 Å². The molecule has 0 saturated carbocycles. The largest absolute Gasteiger partial charge is 0.497 e. The van der Waals surface area contributed by atoms with Crippen molar-refractivity contribution in [2.75, 3.05) is 18.6 Å². The molecule has 1 fully saturated rings. The molecule has 1 aromatic carbocycles. The summed E-state index contributed by atoms with van der Waals surface area (Å²) in [6, 6.07) is 6.62. The van der Waals surface area contributed by atoms with Crippen LogP contribution in [0.3, 0.4) is 0 Å². The lowest BCUT2D eigenvalue weighted by Gasteiger charge is -2.09. The fraction of sp³-hybridized carbons (Fsp3) is 0.308. The van der Waals surface area contributed by atoms with Gasteiger partial charge in [-0.15, -0.1) is 8.98 Å². The van der Waals surface area contributed by atoms with Crippen molar-refractivity contribution in [2.24, 2.45) is 0 Å².